The minimum absolute atomic E-state index is 0.0741. The fourth-order valence-electron chi connectivity index (χ4n) is 5.29. The Labute approximate surface area is 225 Å². The fourth-order valence-corrected chi connectivity index (χ4v) is 5.29. The third-order valence-electron chi connectivity index (χ3n) is 7.41. The van der Waals surface area contributed by atoms with Crippen molar-refractivity contribution in [3.8, 4) is 11.3 Å². The van der Waals surface area contributed by atoms with Crippen LogP contribution in [0.15, 0.2) is 37.1 Å². The summed E-state index contributed by atoms with van der Waals surface area (Å²) >= 11 is 0. The van der Waals surface area contributed by atoms with Crippen molar-refractivity contribution in [1.29, 1.82) is 0 Å². The van der Waals surface area contributed by atoms with E-state index < -0.39 is 23.9 Å². The summed E-state index contributed by atoms with van der Waals surface area (Å²) < 4.78 is 45.4. The van der Waals surface area contributed by atoms with Gasteiger partial charge in [0.1, 0.15) is 23.8 Å². The van der Waals surface area contributed by atoms with Crippen LogP contribution in [0, 0.1) is 5.82 Å². The van der Waals surface area contributed by atoms with E-state index >= 15 is 4.39 Å². The maximum atomic E-state index is 15.3. The minimum Gasteiger partial charge on any atom is -0.385 e. The molecule has 0 unspecified atom stereocenters. The first-order valence-corrected chi connectivity index (χ1v) is 12.5. The number of benzene rings is 1. The number of hydrogen-bond donors (Lipinski definition) is 3. The van der Waals surface area contributed by atoms with Gasteiger partial charge in [0.05, 0.1) is 35.8 Å². The number of nitrogens with zero attached hydrogens (tertiary/aromatic N) is 9. The van der Waals surface area contributed by atoms with Crippen LogP contribution in [0.3, 0.4) is 0 Å². The van der Waals surface area contributed by atoms with Gasteiger partial charge < -0.3 is 26.0 Å². The Morgan fingerprint density at radius 2 is 1.98 bits per heavy atom. The van der Waals surface area contributed by atoms with Gasteiger partial charge in [-0.1, -0.05) is 0 Å². The number of aliphatic hydroxyl groups is 1. The summed E-state index contributed by atoms with van der Waals surface area (Å²) in [5.41, 5.74) is 13.3. The number of alkyl halides is 2. The highest BCUT2D eigenvalue weighted by atomic mass is 19.3. The molecule has 0 aliphatic carbocycles. The van der Waals surface area contributed by atoms with Gasteiger partial charge in [-0.2, -0.15) is 5.10 Å². The zero-order valence-electron chi connectivity index (χ0n) is 21.4. The Balaban J connectivity index is 1.45. The van der Waals surface area contributed by atoms with Crippen LogP contribution < -0.4 is 16.4 Å². The predicted octanol–water partition coefficient (Wildman–Crippen LogP) is 1.86. The topological polar surface area (TPSA) is 163 Å². The number of aliphatic hydroxyl groups excluding tert-OH is 1. The summed E-state index contributed by atoms with van der Waals surface area (Å²) in [5.74, 6) is 0.0810. The van der Waals surface area contributed by atoms with E-state index in [4.69, 9.17) is 11.5 Å². The molecule has 1 saturated heterocycles. The zero-order chi connectivity index (χ0) is 28.2. The number of halogens is 3. The summed E-state index contributed by atoms with van der Waals surface area (Å²) in [5, 5.41) is 23.8. The number of aryl methyl sites for hydroxylation is 1. The molecular formula is C25H26F3N11O. The minimum atomic E-state index is -2.99. The maximum absolute atomic E-state index is 15.3. The Bertz CT molecular complexity index is 1720. The number of piperidine rings is 1. The molecule has 0 saturated carbocycles. The molecule has 40 heavy (non-hydrogen) atoms. The second-order valence-electron chi connectivity index (χ2n) is 10.1. The smallest absolute Gasteiger partial charge is 0.265 e. The molecule has 5 aromatic rings. The van der Waals surface area contributed by atoms with Crippen LogP contribution in [0.5, 0.6) is 0 Å². The van der Waals surface area contributed by atoms with E-state index in [1.54, 1.807) is 45.9 Å². The number of rotatable bonds is 6. The second-order valence-corrected chi connectivity index (χ2v) is 10.1. The summed E-state index contributed by atoms with van der Waals surface area (Å²) in [4.78, 5) is 14.3. The normalized spacial score (nSPS) is 18.7. The maximum Gasteiger partial charge on any atom is 0.265 e. The molecule has 4 aromatic heterocycles. The van der Waals surface area contributed by atoms with Crippen molar-refractivity contribution in [2.45, 2.75) is 37.5 Å². The van der Waals surface area contributed by atoms with Crippen LogP contribution >= 0.6 is 0 Å². The molecule has 0 bridgehead atoms. The van der Waals surface area contributed by atoms with Gasteiger partial charge in [-0.3, -0.25) is 4.68 Å². The van der Waals surface area contributed by atoms with Crippen LogP contribution in [0.25, 0.3) is 33.3 Å². The fraction of sp³-hybridized carbons (Fsp3) is 0.360. The van der Waals surface area contributed by atoms with Crippen LogP contribution in [-0.4, -0.2) is 75.8 Å². The number of nitrogen functional groups attached to an aromatic ring is 1. The molecular weight excluding hydrogens is 527 g/mol. The lowest BCUT2D eigenvalue weighted by molar-refractivity contribution is -0.0530. The van der Waals surface area contributed by atoms with Gasteiger partial charge in [0.25, 0.3) is 6.43 Å². The number of aromatic nitrogens is 8. The standard InChI is InChI=1S/C25H26F3N11O/c1-37-18-7-16(26)15(5-13(18)8-34-37)17-6-14(9-39-12-33-19-22(29)31-11-32-24(19)39)23(36-35-17)38-4-2-3-25(30,10-38)20(40)21(27)28/h5-8,11-12,20-21,40H,2-4,9-10,30H2,1H3,(H2,29,31,32)/t20-,25-/m1/s1. The number of hydrogen-bond acceptors (Lipinski definition) is 10. The van der Waals surface area contributed by atoms with Gasteiger partial charge in [-0.15, -0.1) is 10.2 Å². The SMILES string of the molecule is Cn1ncc2cc(-c3cc(Cn4cnc5c(N)ncnc54)c(N4CCC[C@](N)([C@H](O)C(F)F)C4)nn3)c(F)cc21. The van der Waals surface area contributed by atoms with Gasteiger partial charge in [-0.25, -0.2) is 28.1 Å². The Hall–Kier alpha value is -4.37. The first-order valence-electron chi connectivity index (χ1n) is 12.5. The number of fused-ring (bicyclic) bond motifs is 2. The second kappa shape index (κ2) is 9.67. The van der Waals surface area contributed by atoms with Gasteiger partial charge in [0, 0.05) is 42.7 Å². The van der Waals surface area contributed by atoms with Crippen molar-refractivity contribution in [3.63, 3.8) is 0 Å². The largest absolute Gasteiger partial charge is 0.385 e. The highest BCUT2D eigenvalue weighted by Crippen LogP contribution is 2.33. The van der Waals surface area contributed by atoms with Crippen molar-refractivity contribution in [1.82, 2.24) is 39.5 Å². The first kappa shape index (κ1) is 25.9. The van der Waals surface area contributed by atoms with Crippen LogP contribution in [0.4, 0.5) is 24.8 Å². The Morgan fingerprint density at radius 1 is 1.15 bits per heavy atom. The van der Waals surface area contributed by atoms with E-state index in [0.29, 0.717) is 41.0 Å². The highest BCUT2D eigenvalue weighted by molar-refractivity contribution is 5.84. The lowest BCUT2D eigenvalue weighted by Gasteiger charge is -2.43. The average molecular weight is 554 g/mol. The summed E-state index contributed by atoms with van der Waals surface area (Å²) in [6.45, 7) is 0.550. The third-order valence-corrected chi connectivity index (χ3v) is 7.41. The lowest BCUT2D eigenvalue weighted by atomic mass is 9.84. The molecule has 2 atom stereocenters. The summed E-state index contributed by atoms with van der Waals surface area (Å²) in [6, 6.07) is 4.72. The highest BCUT2D eigenvalue weighted by Gasteiger charge is 2.43. The number of nitrogens with two attached hydrogens (primary N) is 2. The van der Waals surface area contributed by atoms with Crippen molar-refractivity contribution in [3.05, 3.63) is 48.4 Å². The van der Waals surface area contributed by atoms with Crippen LogP contribution in [-0.2, 0) is 13.6 Å². The van der Waals surface area contributed by atoms with Crippen LogP contribution in [0.1, 0.15) is 18.4 Å². The van der Waals surface area contributed by atoms with E-state index in [1.165, 1.54) is 12.4 Å². The van der Waals surface area contributed by atoms with Gasteiger partial charge >= 0.3 is 0 Å². The molecule has 0 radical (unpaired) electrons. The molecule has 6 rings (SSSR count). The molecule has 5 heterocycles. The van der Waals surface area contributed by atoms with Gasteiger partial charge in [0.15, 0.2) is 17.3 Å². The molecule has 1 aliphatic heterocycles. The van der Waals surface area contributed by atoms with E-state index in [0.717, 1.165) is 5.39 Å². The molecule has 1 aliphatic rings. The van der Waals surface area contributed by atoms with Gasteiger partial charge in [-0.05, 0) is 25.0 Å². The predicted molar refractivity (Wildman–Crippen MR) is 141 cm³/mol. The molecule has 1 aromatic carbocycles. The molecule has 12 nitrogen and oxygen atoms in total. The molecule has 1 fully saturated rings. The van der Waals surface area contributed by atoms with Crippen LogP contribution in [0.2, 0.25) is 0 Å². The van der Waals surface area contributed by atoms with Crippen molar-refractivity contribution in [2.24, 2.45) is 12.8 Å². The monoisotopic (exact) mass is 553 g/mol. The van der Waals surface area contributed by atoms with E-state index in [1.807, 2.05) is 0 Å². The van der Waals surface area contributed by atoms with Crippen molar-refractivity contribution in [2.75, 3.05) is 23.7 Å². The number of anilines is 2. The summed E-state index contributed by atoms with van der Waals surface area (Å²) in [6.07, 6.45) is 0.165. The number of imidazole rings is 1. The van der Waals surface area contributed by atoms with Gasteiger partial charge in [0.2, 0.25) is 0 Å². The third kappa shape index (κ3) is 4.36. The lowest BCUT2D eigenvalue weighted by Crippen LogP contribution is -2.63. The zero-order valence-corrected chi connectivity index (χ0v) is 21.4. The van der Waals surface area contributed by atoms with E-state index in [2.05, 4.69) is 30.2 Å². The average Bonchev–Trinajstić information content (AvgIpc) is 3.51. The van der Waals surface area contributed by atoms with E-state index in [9.17, 15) is 13.9 Å². The molecule has 0 spiro atoms. The first-order chi connectivity index (χ1) is 19.1. The molecule has 208 valence electrons. The Kier molecular flexibility index (Phi) is 6.26. The quantitative estimate of drug-likeness (QED) is 0.283. The molecule has 0 amide bonds. The molecule has 15 heteroatoms. The molecule has 5 N–H and O–H groups in total. The van der Waals surface area contributed by atoms with Crippen molar-refractivity contribution < 1.29 is 18.3 Å². The summed E-state index contributed by atoms with van der Waals surface area (Å²) in [7, 11) is 1.72. The van der Waals surface area contributed by atoms with Crippen molar-refractivity contribution >= 4 is 33.7 Å². The van der Waals surface area contributed by atoms with E-state index in [-0.39, 0.29) is 36.6 Å². The Morgan fingerprint density at radius 3 is 2.77 bits per heavy atom.